The molecule has 1 aromatic heterocycles. The molecule has 0 radical (unpaired) electrons. The van der Waals surface area contributed by atoms with Gasteiger partial charge in [0.25, 0.3) is 0 Å². The zero-order valence-corrected chi connectivity index (χ0v) is 8.15. The lowest BCUT2D eigenvalue weighted by molar-refractivity contribution is 0.0691. The third-order valence-electron chi connectivity index (χ3n) is 1.63. The molecule has 0 amide bonds. The van der Waals surface area contributed by atoms with E-state index in [9.17, 15) is 4.79 Å². The van der Waals surface area contributed by atoms with E-state index in [-0.39, 0.29) is 11.4 Å². The lowest BCUT2D eigenvalue weighted by Gasteiger charge is -2.06. The van der Waals surface area contributed by atoms with Crippen LogP contribution in [0.25, 0.3) is 0 Å². The average Bonchev–Trinajstić information content (AvgIpc) is 2.17. The molecule has 0 atom stereocenters. The summed E-state index contributed by atoms with van der Waals surface area (Å²) in [4.78, 5) is 18.6. The highest BCUT2D eigenvalue weighted by molar-refractivity contribution is 5.89. The quantitative estimate of drug-likeness (QED) is 0.781. The van der Waals surface area contributed by atoms with Gasteiger partial charge in [-0.3, -0.25) is 0 Å². The Bertz CT molecular complexity index is 339. The van der Waals surface area contributed by atoms with Crippen molar-refractivity contribution in [2.75, 3.05) is 6.61 Å². The monoisotopic (exact) mass is 196 g/mol. The molecule has 0 aromatic carbocycles. The predicted octanol–water partition coefficient (Wildman–Crippen LogP) is 1.14. The minimum Gasteiger partial charge on any atom is -0.477 e. The molecule has 0 spiro atoms. The van der Waals surface area contributed by atoms with Crippen LogP contribution < -0.4 is 4.74 Å². The lowest BCUT2D eigenvalue weighted by atomic mass is 10.3. The molecule has 0 bridgehead atoms. The Balaban J connectivity index is 3.10. The van der Waals surface area contributed by atoms with E-state index in [1.54, 1.807) is 6.92 Å². The largest absolute Gasteiger partial charge is 0.477 e. The van der Waals surface area contributed by atoms with Gasteiger partial charge in [0.1, 0.15) is 11.4 Å². The summed E-state index contributed by atoms with van der Waals surface area (Å²) < 4.78 is 5.11. The number of hydrogen-bond acceptors (Lipinski definition) is 4. The van der Waals surface area contributed by atoms with Crippen LogP contribution in [0.3, 0.4) is 0 Å². The molecule has 0 fully saturated rings. The van der Waals surface area contributed by atoms with Crippen molar-refractivity contribution in [2.45, 2.75) is 20.3 Å². The molecule has 0 unspecified atom stereocenters. The molecule has 0 aliphatic heterocycles. The molecule has 0 saturated heterocycles. The van der Waals surface area contributed by atoms with Crippen LogP contribution in [0.2, 0.25) is 0 Å². The standard InChI is InChI=1S/C9H12N2O3/c1-3-7-10-5-6(9(12)13)8(11-7)14-4-2/h5H,3-4H2,1-2H3,(H,12,13). The summed E-state index contributed by atoms with van der Waals surface area (Å²) in [5.41, 5.74) is 0.00375. The van der Waals surface area contributed by atoms with Crippen molar-refractivity contribution >= 4 is 5.97 Å². The first-order valence-electron chi connectivity index (χ1n) is 4.41. The molecule has 5 nitrogen and oxygen atoms in total. The summed E-state index contributed by atoms with van der Waals surface area (Å²) in [5.74, 6) is -0.346. The molecule has 1 aromatic rings. The van der Waals surface area contributed by atoms with Gasteiger partial charge in [-0.2, -0.15) is 4.98 Å². The van der Waals surface area contributed by atoms with E-state index in [0.717, 1.165) is 0 Å². The topological polar surface area (TPSA) is 72.3 Å². The van der Waals surface area contributed by atoms with Crippen molar-refractivity contribution in [1.29, 1.82) is 0 Å². The number of aromatic carboxylic acids is 1. The molecule has 0 saturated carbocycles. The predicted molar refractivity (Wildman–Crippen MR) is 49.5 cm³/mol. The van der Waals surface area contributed by atoms with Crippen LogP contribution in [-0.4, -0.2) is 27.7 Å². The molecule has 0 aliphatic rings. The number of aryl methyl sites for hydroxylation is 1. The second-order valence-corrected chi connectivity index (χ2v) is 2.60. The van der Waals surface area contributed by atoms with E-state index < -0.39 is 5.97 Å². The van der Waals surface area contributed by atoms with Gasteiger partial charge < -0.3 is 9.84 Å². The normalized spacial score (nSPS) is 9.86. The molecular formula is C9H12N2O3. The molecule has 0 aliphatic carbocycles. The first-order valence-corrected chi connectivity index (χ1v) is 4.41. The molecular weight excluding hydrogens is 184 g/mol. The minimum absolute atomic E-state index is 0.00375. The van der Waals surface area contributed by atoms with Crippen LogP contribution in [0.5, 0.6) is 5.88 Å². The molecule has 14 heavy (non-hydrogen) atoms. The van der Waals surface area contributed by atoms with Gasteiger partial charge in [0, 0.05) is 12.6 Å². The Labute approximate surface area is 81.8 Å². The number of carboxylic acids is 1. The van der Waals surface area contributed by atoms with Gasteiger partial charge in [0.15, 0.2) is 0 Å². The lowest BCUT2D eigenvalue weighted by Crippen LogP contribution is -2.07. The highest BCUT2D eigenvalue weighted by atomic mass is 16.5. The summed E-state index contributed by atoms with van der Waals surface area (Å²) in [6.07, 6.45) is 1.93. The summed E-state index contributed by atoms with van der Waals surface area (Å²) in [6.45, 7) is 4.06. The van der Waals surface area contributed by atoms with Gasteiger partial charge >= 0.3 is 5.97 Å². The van der Waals surface area contributed by atoms with E-state index in [4.69, 9.17) is 9.84 Å². The van der Waals surface area contributed by atoms with Gasteiger partial charge in [0.05, 0.1) is 6.61 Å². The van der Waals surface area contributed by atoms with E-state index in [1.165, 1.54) is 6.20 Å². The van der Waals surface area contributed by atoms with Crippen molar-refractivity contribution in [3.05, 3.63) is 17.6 Å². The van der Waals surface area contributed by atoms with E-state index >= 15 is 0 Å². The van der Waals surface area contributed by atoms with Gasteiger partial charge in [-0.05, 0) is 6.92 Å². The summed E-state index contributed by atoms with van der Waals surface area (Å²) >= 11 is 0. The number of hydrogen-bond donors (Lipinski definition) is 1. The Morgan fingerprint density at radius 1 is 1.57 bits per heavy atom. The molecule has 1 rings (SSSR count). The van der Waals surface area contributed by atoms with Crippen LogP contribution in [0.1, 0.15) is 30.0 Å². The molecule has 5 heteroatoms. The second kappa shape index (κ2) is 4.55. The zero-order valence-electron chi connectivity index (χ0n) is 8.15. The van der Waals surface area contributed by atoms with Crippen LogP contribution in [0.4, 0.5) is 0 Å². The van der Waals surface area contributed by atoms with Crippen LogP contribution in [0, 0.1) is 0 Å². The fourth-order valence-corrected chi connectivity index (χ4v) is 0.964. The van der Waals surface area contributed by atoms with E-state index in [2.05, 4.69) is 9.97 Å². The Kier molecular flexibility index (Phi) is 3.39. The molecule has 1 N–H and O–H groups in total. The fraction of sp³-hybridized carbons (Fsp3) is 0.444. The van der Waals surface area contributed by atoms with Gasteiger partial charge in [0.2, 0.25) is 5.88 Å². The first-order chi connectivity index (χ1) is 6.69. The van der Waals surface area contributed by atoms with Gasteiger partial charge in [-0.15, -0.1) is 0 Å². The third kappa shape index (κ3) is 2.18. The third-order valence-corrected chi connectivity index (χ3v) is 1.63. The number of ether oxygens (including phenoxy) is 1. The number of carboxylic acid groups (broad SMARTS) is 1. The number of carbonyl (C=O) groups is 1. The highest BCUT2D eigenvalue weighted by Crippen LogP contribution is 2.14. The van der Waals surface area contributed by atoms with Crippen molar-refractivity contribution in [2.24, 2.45) is 0 Å². The summed E-state index contributed by atoms with van der Waals surface area (Å²) in [6, 6.07) is 0. The maximum atomic E-state index is 10.7. The maximum Gasteiger partial charge on any atom is 0.342 e. The smallest absolute Gasteiger partial charge is 0.342 e. The Morgan fingerprint density at radius 2 is 2.29 bits per heavy atom. The highest BCUT2D eigenvalue weighted by Gasteiger charge is 2.13. The Hall–Kier alpha value is -1.65. The number of aromatic nitrogens is 2. The van der Waals surface area contributed by atoms with Crippen LogP contribution >= 0.6 is 0 Å². The van der Waals surface area contributed by atoms with E-state index in [1.807, 2.05) is 6.92 Å². The van der Waals surface area contributed by atoms with Crippen LogP contribution in [0.15, 0.2) is 6.20 Å². The van der Waals surface area contributed by atoms with E-state index in [0.29, 0.717) is 18.9 Å². The summed E-state index contributed by atoms with van der Waals surface area (Å²) in [5, 5.41) is 8.80. The minimum atomic E-state index is -1.07. The SMILES string of the molecule is CCOc1nc(CC)ncc1C(=O)O. The van der Waals surface area contributed by atoms with Crippen LogP contribution in [-0.2, 0) is 6.42 Å². The molecule has 1 heterocycles. The molecule has 76 valence electrons. The summed E-state index contributed by atoms with van der Waals surface area (Å²) in [7, 11) is 0. The van der Waals surface area contributed by atoms with Crippen molar-refractivity contribution in [1.82, 2.24) is 9.97 Å². The number of nitrogens with zero attached hydrogens (tertiary/aromatic N) is 2. The number of rotatable bonds is 4. The van der Waals surface area contributed by atoms with Gasteiger partial charge in [-0.25, -0.2) is 9.78 Å². The maximum absolute atomic E-state index is 10.7. The van der Waals surface area contributed by atoms with Crippen molar-refractivity contribution in [3.8, 4) is 5.88 Å². The fourth-order valence-electron chi connectivity index (χ4n) is 0.964. The first kappa shape index (κ1) is 10.4. The van der Waals surface area contributed by atoms with Crippen molar-refractivity contribution < 1.29 is 14.6 Å². The average molecular weight is 196 g/mol. The Morgan fingerprint density at radius 3 is 2.79 bits per heavy atom. The second-order valence-electron chi connectivity index (χ2n) is 2.60. The van der Waals surface area contributed by atoms with Crippen molar-refractivity contribution in [3.63, 3.8) is 0 Å². The van der Waals surface area contributed by atoms with Gasteiger partial charge in [-0.1, -0.05) is 6.92 Å². The zero-order chi connectivity index (χ0) is 10.6.